The Morgan fingerprint density at radius 2 is 1.89 bits per heavy atom. The second-order valence-electron chi connectivity index (χ2n) is 12.2. The van der Waals surface area contributed by atoms with Crippen molar-refractivity contribution in [3.05, 3.63) is 18.0 Å². The van der Waals surface area contributed by atoms with Gasteiger partial charge in [-0.2, -0.15) is 4.98 Å². The van der Waals surface area contributed by atoms with E-state index in [4.69, 9.17) is 9.97 Å². The quantitative estimate of drug-likeness (QED) is 0.609. The monoisotopic (exact) mass is 508 g/mol. The van der Waals surface area contributed by atoms with E-state index in [1.54, 1.807) is 0 Å². The first-order chi connectivity index (χ1) is 18.0. The highest BCUT2D eigenvalue weighted by Crippen LogP contribution is 2.40. The maximum atomic E-state index is 13.2. The lowest BCUT2D eigenvalue weighted by molar-refractivity contribution is -0.138. The molecule has 6 rings (SSSR count). The molecule has 2 saturated heterocycles. The lowest BCUT2D eigenvalue weighted by atomic mass is 9.88. The summed E-state index contributed by atoms with van der Waals surface area (Å²) in [5, 5.41) is 14.8. The number of aliphatic hydroxyl groups is 1. The molecule has 4 aliphatic rings. The molecule has 0 radical (unpaired) electrons. The van der Waals surface area contributed by atoms with Crippen LogP contribution in [0.4, 0.5) is 5.95 Å². The largest absolute Gasteiger partial charge is 0.393 e. The summed E-state index contributed by atoms with van der Waals surface area (Å²) in [6, 6.07) is 0.873. The minimum absolute atomic E-state index is 0.164. The Morgan fingerprint density at radius 3 is 2.59 bits per heavy atom. The van der Waals surface area contributed by atoms with Gasteiger partial charge < -0.3 is 24.8 Å². The topological polar surface area (TPSA) is 86.5 Å². The van der Waals surface area contributed by atoms with Crippen molar-refractivity contribution < 1.29 is 9.90 Å². The summed E-state index contributed by atoms with van der Waals surface area (Å²) in [5.74, 6) is 2.43. The van der Waals surface area contributed by atoms with E-state index >= 15 is 0 Å². The number of carbonyl (C=O) groups excluding carboxylic acids is 1. The van der Waals surface area contributed by atoms with Gasteiger partial charge in [0.1, 0.15) is 5.65 Å². The van der Waals surface area contributed by atoms with E-state index in [1.807, 2.05) is 6.20 Å². The molecule has 37 heavy (non-hydrogen) atoms. The third kappa shape index (κ3) is 5.24. The van der Waals surface area contributed by atoms with Crippen LogP contribution in [0.1, 0.15) is 88.7 Å². The minimum Gasteiger partial charge on any atom is -0.393 e. The third-order valence-corrected chi connectivity index (χ3v) is 9.64. The molecule has 4 fully saturated rings. The number of hydrogen-bond donors (Lipinski definition) is 2. The Bertz CT molecular complexity index is 1100. The molecule has 3 atom stereocenters. The number of piperidine rings is 2. The predicted molar refractivity (Wildman–Crippen MR) is 146 cm³/mol. The van der Waals surface area contributed by atoms with Crippen molar-refractivity contribution in [2.24, 2.45) is 11.8 Å². The first-order valence-electron chi connectivity index (χ1n) is 14.8. The number of rotatable bonds is 6. The Labute approximate surface area is 220 Å². The maximum Gasteiger partial charge on any atom is 0.226 e. The summed E-state index contributed by atoms with van der Waals surface area (Å²) in [6.07, 6.45) is 14.4. The zero-order valence-corrected chi connectivity index (χ0v) is 22.6. The summed E-state index contributed by atoms with van der Waals surface area (Å²) in [6.45, 7) is 5.93. The second kappa shape index (κ2) is 10.5. The minimum atomic E-state index is -0.170. The smallest absolute Gasteiger partial charge is 0.226 e. The van der Waals surface area contributed by atoms with Crippen LogP contribution in [-0.2, 0) is 4.79 Å². The molecule has 2 aromatic heterocycles. The van der Waals surface area contributed by atoms with E-state index < -0.39 is 0 Å². The standard InChI is InChI=1S/C29H44N6O2/c1-3-19-15-26(19)31-29-30-16-24-25(18-35(27(24)32-29)22-6-8-23(36)9-7-22)20-10-13-34(14-11-20)28(37)21-5-4-12-33(2)17-21/h16,18-23,26,36H,3-15,17H2,1-2H3,(H,30,31,32)/t19-,21+,22?,23?,26-/m1/s1. The molecule has 2 aromatic rings. The summed E-state index contributed by atoms with van der Waals surface area (Å²) >= 11 is 0. The van der Waals surface area contributed by atoms with Gasteiger partial charge in [-0.15, -0.1) is 0 Å². The third-order valence-electron chi connectivity index (χ3n) is 9.64. The zero-order chi connectivity index (χ0) is 25.5. The van der Waals surface area contributed by atoms with Crippen LogP contribution in [0.3, 0.4) is 0 Å². The first kappa shape index (κ1) is 25.1. The molecule has 8 heteroatoms. The SMILES string of the molecule is CC[C@@H]1C[C@H]1Nc1ncc2c(C3CCN(C(=O)[C@H]4CCCN(C)C4)CC3)cn(C3CCC(O)CC3)c2n1. The highest BCUT2D eigenvalue weighted by molar-refractivity contribution is 5.82. The number of likely N-dealkylation sites (tertiary alicyclic amines) is 2. The molecule has 8 nitrogen and oxygen atoms in total. The van der Waals surface area contributed by atoms with Gasteiger partial charge in [-0.3, -0.25) is 4.79 Å². The molecule has 0 bridgehead atoms. The van der Waals surface area contributed by atoms with Gasteiger partial charge in [0.05, 0.1) is 12.0 Å². The van der Waals surface area contributed by atoms with E-state index in [0.717, 1.165) is 100 Å². The van der Waals surface area contributed by atoms with E-state index in [0.29, 0.717) is 23.9 Å². The average Bonchev–Trinajstić information content (AvgIpc) is 3.57. The summed E-state index contributed by atoms with van der Waals surface area (Å²) in [7, 11) is 2.13. The average molecular weight is 509 g/mol. The Morgan fingerprint density at radius 1 is 1.11 bits per heavy atom. The van der Waals surface area contributed by atoms with Crippen molar-refractivity contribution in [2.75, 3.05) is 38.5 Å². The number of aliphatic hydroxyl groups excluding tert-OH is 1. The molecule has 0 unspecified atom stereocenters. The van der Waals surface area contributed by atoms with E-state index in [1.165, 1.54) is 18.4 Å². The molecule has 0 spiro atoms. The van der Waals surface area contributed by atoms with E-state index in [9.17, 15) is 9.90 Å². The number of fused-ring (bicyclic) bond motifs is 1. The van der Waals surface area contributed by atoms with E-state index in [-0.39, 0.29) is 12.0 Å². The molecule has 4 heterocycles. The van der Waals surface area contributed by atoms with E-state index in [2.05, 4.69) is 39.9 Å². The molecule has 2 aliphatic heterocycles. The van der Waals surface area contributed by atoms with Crippen LogP contribution in [0.25, 0.3) is 11.0 Å². The van der Waals surface area contributed by atoms with Crippen LogP contribution >= 0.6 is 0 Å². The molecule has 0 aromatic carbocycles. The van der Waals surface area contributed by atoms with Crippen molar-refractivity contribution in [1.82, 2.24) is 24.3 Å². The molecule has 202 valence electrons. The Kier molecular flexibility index (Phi) is 7.14. The number of nitrogens with zero attached hydrogens (tertiary/aromatic N) is 5. The van der Waals surface area contributed by atoms with Gasteiger partial charge in [0.25, 0.3) is 0 Å². The van der Waals surface area contributed by atoms with Crippen molar-refractivity contribution in [3.63, 3.8) is 0 Å². The fourth-order valence-corrected chi connectivity index (χ4v) is 7.14. The van der Waals surface area contributed by atoms with Crippen molar-refractivity contribution in [3.8, 4) is 0 Å². The van der Waals surface area contributed by atoms with Crippen LogP contribution < -0.4 is 5.32 Å². The number of anilines is 1. The normalized spacial score (nSPS) is 31.5. The summed E-state index contributed by atoms with van der Waals surface area (Å²) in [5.41, 5.74) is 2.38. The van der Waals surface area contributed by atoms with Gasteiger partial charge >= 0.3 is 0 Å². The van der Waals surface area contributed by atoms with Gasteiger partial charge in [-0.05, 0) is 88.8 Å². The van der Waals surface area contributed by atoms with Crippen molar-refractivity contribution in [2.45, 2.75) is 95.2 Å². The zero-order valence-electron chi connectivity index (χ0n) is 22.6. The number of nitrogens with one attached hydrogen (secondary N) is 1. The highest BCUT2D eigenvalue weighted by atomic mass is 16.3. The van der Waals surface area contributed by atoms with Crippen molar-refractivity contribution >= 4 is 22.9 Å². The lowest BCUT2D eigenvalue weighted by Gasteiger charge is -2.37. The Balaban J connectivity index is 1.21. The van der Waals surface area contributed by atoms with Crippen LogP contribution in [0.2, 0.25) is 0 Å². The van der Waals surface area contributed by atoms with Crippen LogP contribution in [0.15, 0.2) is 12.4 Å². The molecular weight excluding hydrogens is 464 g/mol. The molecule has 2 aliphatic carbocycles. The maximum absolute atomic E-state index is 13.2. The molecular formula is C29H44N6O2. The first-order valence-corrected chi connectivity index (χ1v) is 14.8. The summed E-state index contributed by atoms with van der Waals surface area (Å²) < 4.78 is 2.39. The van der Waals surface area contributed by atoms with Gasteiger partial charge in [0, 0.05) is 49.5 Å². The fraction of sp³-hybridized carbons (Fsp3) is 0.759. The Hall–Kier alpha value is -2.19. The number of aromatic nitrogens is 3. The van der Waals surface area contributed by atoms with Crippen LogP contribution in [-0.4, -0.2) is 80.7 Å². The van der Waals surface area contributed by atoms with Gasteiger partial charge in [-0.25, -0.2) is 4.98 Å². The number of carbonyl (C=O) groups is 1. The lowest BCUT2D eigenvalue weighted by Crippen LogP contribution is -2.46. The van der Waals surface area contributed by atoms with Crippen LogP contribution in [0.5, 0.6) is 0 Å². The second-order valence-corrected chi connectivity index (χ2v) is 12.2. The predicted octanol–water partition coefficient (Wildman–Crippen LogP) is 4.17. The number of amides is 1. The molecule has 1 amide bonds. The molecule has 2 saturated carbocycles. The van der Waals surface area contributed by atoms with Gasteiger partial charge in [0.2, 0.25) is 11.9 Å². The van der Waals surface area contributed by atoms with Crippen molar-refractivity contribution in [1.29, 1.82) is 0 Å². The van der Waals surface area contributed by atoms with Gasteiger partial charge in [-0.1, -0.05) is 13.3 Å². The summed E-state index contributed by atoms with van der Waals surface area (Å²) in [4.78, 5) is 27.4. The number of hydrogen-bond acceptors (Lipinski definition) is 6. The fourth-order valence-electron chi connectivity index (χ4n) is 7.14. The van der Waals surface area contributed by atoms with Gasteiger partial charge in [0.15, 0.2) is 0 Å². The van der Waals surface area contributed by atoms with Crippen LogP contribution in [0, 0.1) is 11.8 Å². The highest BCUT2D eigenvalue weighted by Gasteiger charge is 2.36. The molecule has 2 N–H and O–H groups in total.